The number of phenols is 1. The van der Waals surface area contributed by atoms with E-state index in [1.54, 1.807) is 51.6 Å². The molecular weight excluding hydrogens is 1040 g/mol. The van der Waals surface area contributed by atoms with Gasteiger partial charge in [0.25, 0.3) is 11.8 Å². The van der Waals surface area contributed by atoms with Crippen molar-refractivity contribution in [2.45, 2.75) is 169 Å². The zero-order chi connectivity index (χ0) is 59.5. The third-order valence-electron chi connectivity index (χ3n) is 13.7. The zero-order valence-electron chi connectivity index (χ0n) is 47.6. The van der Waals surface area contributed by atoms with Crippen LogP contribution in [-0.4, -0.2) is 142 Å². The summed E-state index contributed by atoms with van der Waals surface area (Å²) < 4.78 is 11.5. The van der Waals surface area contributed by atoms with Crippen molar-refractivity contribution in [3.63, 3.8) is 0 Å². The van der Waals surface area contributed by atoms with E-state index in [1.165, 1.54) is 31.4 Å². The van der Waals surface area contributed by atoms with Crippen molar-refractivity contribution in [3.8, 4) is 30.4 Å². The van der Waals surface area contributed by atoms with Crippen molar-refractivity contribution in [3.05, 3.63) is 39.8 Å². The van der Waals surface area contributed by atoms with Crippen LogP contribution in [0.4, 0.5) is 5.69 Å². The van der Waals surface area contributed by atoms with Crippen molar-refractivity contribution in [1.29, 1.82) is 0 Å². The fourth-order valence-electron chi connectivity index (χ4n) is 9.13. The lowest BCUT2D eigenvalue weighted by atomic mass is 9.83. The molecule has 2 heterocycles. The minimum Gasteiger partial charge on any atom is -0.506 e. The minimum atomic E-state index is -1.48. The number of ketones is 2. The van der Waals surface area contributed by atoms with Gasteiger partial charge in [0.15, 0.2) is 11.9 Å². The third-order valence-corrected chi connectivity index (χ3v) is 14.6. The number of anilines is 1. The number of nitrogens with one attached hydrogen (secondary N) is 5. The molecule has 3 unspecified atom stereocenters. The Morgan fingerprint density at radius 2 is 1.62 bits per heavy atom. The lowest BCUT2D eigenvalue weighted by Crippen LogP contribution is -2.53. The first kappa shape index (κ1) is 66.1. The maximum atomic E-state index is 14.5. The number of aromatic nitrogens is 1. The highest BCUT2D eigenvalue weighted by Gasteiger charge is 2.38. The van der Waals surface area contributed by atoms with E-state index < -0.39 is 108 Å². The van der Waals surface area contributed by atoms with Crippen LogP contribution in [0.3, 0.4) is 0 Å². The van der Waals surface area contributed by atoms with Crippen LogP contribution in [0.2, 0.25) is 0 Å². The molecular formula is C57H80N8O13S. The van der Waals surface area contributed by atoms with Gasteiger partial charge in [-0.3, -0.25) is 52.8 Å². The Kier molecular flexibility index (Phi) is 25.8. The van der Waals surface area contributed by atoms with Gasteiger partial charge in [0.1, 0.15) is 34.1 Å². The smallest absolute Gasteiger partial charge is 0.309 e. The monoisotopic (exact) mass is 1120 g/mol. The van der Waals surface area contributed by atoms with E-state index in [-0.39, 0.29) is 72.4 Å². The van der Waals surface area contributed by atoms with Gasteiger partial charge in [-0.2, -0.15) is 0 Å². The second kappa shape index (κ2) is 30.8. The zero-order valence-corrected chi connectivity index (χ0v) is 48.4. The van der Waals surface area contributed by atoms with Crippen molar-refractivity contribution < 1.29 is 62.5 Å². The summed E-state index contributed by atoms with van der Waals surface area (Å²) in [6.07, 6.45) is 12.5. The van der Waals surface area contributed by atoms with Crippen LogP contribution in [0.15, 0.2) is 23.6 Å². The Labute approximate surface area is 468 Å². The standard InChI is InChI=1S/C57H80N8O13S/c1-15-33(6)40(28-47(69)44-20-18-19-23-64(44)13)55(75)65(14)45(32(4)5)29-48(77-36(9)66)54-63-43(31-79-54)53(74)60-38(24-34(7)56(76)78-57(10,11)12)25-37-21-22-46(68)41(26-37)61-50(71)30-58-51(72)35(8)59-52(73)42(27-39(67)16-2)62-49(70)17-3/h2-3,21-22,26,31-35,38,40,42,44-45,48,68H,15,18-20,23-25,27-30H2,1,4-14H3,(H,58,72)(H,59,73)(H,60,74)(H,61,71)(H,62,70)/t33-,34?,35?,38+,40-,42?,44+,45+,48+/m0/s1. The molecule has 2 aromatic rings. The molecule has 0 aliphatic carbocycles. The highest BCUT2D eigenvalue weighted by Crippen LogP contribution is 2.33. The van der Waals surface area contributed by atoms with E-state index in [0.717, 1.165) is 37.1 Å². The molecule has 3 rings (SSSR count). The number of Topliss-reactive ketones (excluding diaryl/α,β-unsaturated/α-hetero) is 2. The number of rotatable bonds is 28. The first-order chi connectivity index (χ1) is 37.0. The normalized spacial score (nSPS) is 16.6. The number of carbonyl (C=O) groups excluding carboxylic acids is 10. The van der Waals surface area contributed by atoms with Crippen LogP contribution in [-0.2, 0) is 59.0 Å². The fourth-order valence-corrected chi connectivity index (χ4v) is 9.97. The third kappa shape index (κ3) is 21.2. The number of likely N-dealkylation sites (tertiary alicyclic amines) is 1. The van der Waals surface area contributed by atoms with Crippen molar-refractivity contribution in [2.24, 2.45) is 23.7 Å². The minimum absolute atomic E-state index is 0.00954. The highest BCUT2D eigenvalue weighted by molar-refractivity contribution is 7.09. The number of hydrogen-bond donors (Lipinski definition) is 6. The number of hydrogen-bond acceptors (Lipinski definition) is 16. The lowest BCUT2D eigenvalue weighted by molar-refractivity contribution is -0.160. The van der Waals surface area contributed by atoms with Gasteiger partial charge >= 0.3 is 11.9 Å². The molecule has 0 bridgehead atoms. The van der Waals surface area contributed by atoms with Crippen molar-refractivity contribution in [1.82, 2.24) is 36.1 Å². The van der Waals surface area contributed by atoms with Crippen LogP contribution < -0.4 is 26.6 Å². The van der Waals surface area contributed by atoms with Gasteiger partial charge in [-0.15, -0.1) is 24.2 Å². The molecule has 0 saturated carbocycles. The highest BCUT2D eigenvalue weighted by atomic mass is 32.1. The molecule has 0 radical (unpaired) electrons. The molecule has 1 aliphatic heterocycles. The van der Waals surface area contributed by atoms with Crippen molar-refractivity contribution >= 4 is 76.0 Å². The van der Waals surface area contributed by atoms with E-state index in [4.69, 9.17) is 22.3 Å². The topological polar surface area (TPSA) is 289 Å². The number of phenolic OH excluding ortho intramolecular Hbond substituents is 1. The van der Waals surface area contributed by atoms with Crippen LogP contribution in [0.5, 0.6) is 5.75 Å². The number of nitrogens with zero attached hydrogens (tertiary/aromatic N) is 3. The Bertz CT molecular complexity index is 2590. The number of ether oxygens (including phenoxy) is 2. The maximum Gasteiger partial charge on any atom is 0.309 e. The summed E-state index contributed by atoms with van der Waals surface area (Å²) in [6, 6.07) is 0.113. The number of piperidine rings is 1. The fraction of sp³-hybridized carbons (Fsp3) is 0.596. The molecule has 432 valence electrons. The number of carbonyl (C=O) groups is 10. The number of benzene rings is 1. The first-order valence-corrected chi connectivity index (χ1v) is 27.5. The molecule has 21 nitrogen and oxygen atoms in total. The summed E-state index contributed by atoms with van der Waals surface area (Å²) in [7, 11) is 3.66. The summed E-state index contributed by atoms with van der Waals surface area (Å²) in [5, 5.41) is 24.9. The molecule has 1 fully saturated rings. The average Bonchev–Trinajstić information content (AvgIpc) is 3.90. The van der Waals surface area contributed by atoms with Gasteiger partial charge in [-0.1, -0.05) is 53.5 Å². The Hall–Kier alpha value is -7.17. The van der Waals surface area contributed by atoms with E-state index in [9.17, 15) is 53.1 Å². The van der Waals surface area contributed by atoms with Crippen LogP contribution in [0, 0.1) is 48.4 Å². The van der Waals surface area contributed by atoms with E-state index in [1.807, 2.05) is 40.7 Å². The molecule has 79 heavy (non-hydrogen) atoms. The van der Waals surface area contributed by atoms with Crippen LogP contribution >= 0.6 is 11.3 Å². The predicted molar refractivity (Wildman–Crippen MR) is 297 cm³/mol. The van der Waals surface area contributed by atoms with Crippen LogP contribution in [0.25, 0.3) is 0 Å². The van der Waals surface area contributed by atoms with E-state index in [2.05, 4.69) is 36.5 Å². The summed E-state index contributed by atoms with van der Waals surface area (Å²) in [4.78, 5) is 139. The van der Waals surface area contributed by atoms with Gasteiger partial charge in [-0.25, -0.2) is 4.98 Å². The quantitative estimate of drug-likeness (QED) is 0.0298. The number of terminal acetylenes is 2. The second-order valence-electron chi connectivity index (χ2n) is 21.7. The van der Waals surface area contributed by atoms with Gasteiger partial charge in [-0.05, 0) is 108 Å². The Balaban J connectivity index is 1.84. The van der Waals surface area contributed by atoms with Gasteiger partial charge in [0.05, 0.1) is 24.2 Å². The number of aromatic hydroxyl groups is 1. The molecule has 1 aromatic heterocycles. The maximum absolute atomic E-state index is 14.5. The summed E-state index contributed by atoms with van der Waals surface area (Å²) in [5.74, 6) is -4.44. The van der Waals surface area contributed by atoms with Gasteiger partial charge < -0.3 is 46.1 Å². The molecule has 22 heteroatoms. The molecule has 9 atom stereocenters. The molecule has 1 saturated heterocycles. The Morgan fingerprint density at radius 1 is 0.937 bits per heavy atom. The molecule has 6 amide bonds. The number of likely N-dealkylation sites (N-methyl/N-ethyl adjacent to an activating group) is 1. The number of amides is 6. The largest absolute Gasteiger partial charge is 0.506 e. The molecule has 0 spiro atoms. The number of esters is 2. The summed E-state index contributed by atoms with van der Waals surface area (Å²) in [6.45, 7) is 17.5. The summed E-state index contributed by atoms with van der Waals surface area (Å²) >= 11 is 1.10. The second-order valence-corrected chi connectivity index (χ2v) is 22.5. The lowest BCUT2D eigenvalue weighted by Gasteiger charge is -2.37. The van der Waals surface area contributed by atoms with E-state index >= 15 is 0 Å². The van der Waals surface area contributed by atoms with Crippen molar-refractivity contribution in [2.75, 3.05) is 32.5 Å². The van der Waals surface area contributed by atoms with Crippen LogP contribution in [0.1, 0.15) is 148 Å². The Morgan fingerprint density at radius 3 is 2.22 bits per heavy atom. The first-order valence-electron chi connectivity index (χ1n) is 26.6. The van der Waals surface area contributed by atoms with Gasteiger partial charge in [0, 0.05) is 56.6 Å². The average molecular weight is 1120 g/mol. The predicted octanol–water partition coefficient (Wildman–Crippen LogP) is 4.41. The molecule has 6 N–H and O–H groups in total. The SMILES string of the molecule is C#CC(=O)CC(NC(=O)C#C)C(=O)NC(C)C(=O)NCC(=O)Nc1cc(C[C@@H](CC(C)C(=O)OC(C)(C)C)NC(=O)c2csc([C@@H](C[C@H](C(C)C)N(C)C(=O)[C@@H](CC(=O)[C@H]3CCCCN3C)[C@@H](C)CC)OC(C)=O)n2)ccc1O. The van der Waals surface area contributed by atoms with Gasteiger partial charge in [0.2, 0.25) is 29.4 Å². The molecule has 1 aromatic carbocycles. The molecule has 1 aliphatic rings. The number of thiazole rings is 1. The van der Waals surface area contributed by atoms with E-state index in [0.29, 0.717) is 17.0 Å². The summed E-state index contributed by atoms with van der Waals surface area (Å²) in [5.41, 5.74) is -0.374.